The number of nitrogens with one attached hydrogen (secondary N) is 1. The Kier molecular flexibility index (Phi) is 5.31. The lowest BCUT2D eigenvalue weighted by Crippen LogP contribution is -2.29. The Morgan fingerprint density at radius 3 is 2.59 bits per heavy atom. The maximum atomic E-state index is 13.1. The summed E-state index contributed by atoms with van der Waals surface area (Å²) < 4.78 is 34.0. The van der Waals surface area contributed by atoms with E-state index in [-0.39, 0.29) is 16.5 Å². The van der Waals surface area contributed by atoms with Gasteiger partial charge in [-0.15, -0.1) is 16.4 Å². The molecule has 0 radical (unpaired) electrons. The van der Waals surface area contributed by atoms with Gasteiger partial charge in [0.05, 0.1) is 19.2 Å². The van der Waals surface area contributed by atoms with Gasteiger partial charge in [-0.05, 0) is 70.4 Å². The number of hydrogen-bond donors (Lipinski definition) is 1. The molecule has 8 nitrogen and oxygen atoms in total. The van der Waals surface area contributed by atoms with Crippen LogP contribution < -0.4 is 9.62 Å². The normalized spacial score (nSPS) is 13.2. The van der Waals surface area contributed by atoms with E-state index < -0.39 is 15.9 Å². The highest BCUT2D eigenvalue weighted by atomic mass is 79.9. The van der Waals surface area contributed by atoms with E-state index in [0.717, 1.165) is 14.2 Å². The molecule has 162 valence electrons. The summed E-state index contributed by atoms with van der Waals surface area (Å²) in [5.41, 5.74) is 1.96. The maximum Gasteiger partial charge on any atom is 0.322 e. The number of benzene rings is 2. The van der Waals surface area contributed by atoms with Crippen molar-refractivity contribution < 1.29 is 17.6 Å². The van der Waals surface area contributed by atoms with E-state index in [0.29, 0.717) is 24.5 Å². The molecule has 32 heavy (non-hydrogen) atoms. The smallest absolute Gasteiger partial charge is 0.322 e. The zero-order valence-corrected chi connectivity index (χ0v) is 19.6. The first-order chi connectivity index (χ1) is 15.4. The number of rotatable bonds is 5. The number of sulfonamides is 1. The summed E-state index contributed by atoms with van der Waals surface area (Å²) in [6.07, 6.45) is 0.671. The first kappa shape index (κ1) is 20.9. The molecule has 0 aliphatic carbocycles. The van der Waals surface area contributed by atoms with Crippen molar-refractivity contribution in [2.45, 2.75) is 11.3 Å². The van der Waals surface area contributed by atoms with E-state index in [1.807, 2.05) is 30.3 Å². The van der Waals surface area contributed by atoms with Gasteiger partial charge in [0.15, 0.2) is 0 Å². The molecule has 3 heterocycles. The van der Waals surface area contributed by atoms with Crippen LogP contribution in [0.4, 0.5) is 11.7 Å². The van der Waals surface area contributed by atoms with E-state index in [2.05, 4.69) is 31.4 Å². The quantitative estimate of drug-likeness (QED) is 0.405. The molecular weight excluding hydrogens is 516 g/mol. The Morgan fingerprint density at radius 1 is 1.06 bits per heavy atom. The summed E-state index contributed by atoms with van der Waals surface area (Å²) in [5, 5.41) is 10.3. The topological polar surface area (TPSA) is 105 Å². The molecule has 4 aromatic rings. The highest BCUT2D eigenvalue weighted by Crippen LogP contribution is 2.33. The van der Waals surface area contributed by atoms with Crippen LogP contribution in [0.5, 0.6) is 0 Å². The molecule has 2 aromatic carbocycles. The maximum absolute atomic E-state index is 13.1. The van der Waals surface area contributed by atoms with Crippen LogP contribution in [-0.4, -0.2) is 31.1 Å². The van der Waals surface area contributed by atoms with Gasteiger partial charge in [0, 0.05) is 12.1 Å². The second-order valence-electron chi connectivity index (χ2n) is 6.95. The van der Waals surface area contributed by atoms with Crippen LogP contribution in [0.1, 0.15) is 15.9 Å². The number of hydrogen-bond acceptors (Lipinski definition) is 7. The number of anilines is 2. The van der Waals surface area contributed by atoms with E-state index in [1.54, 1.807) is 6.07 Å². The van der Waals surface area contributed by atoms with Crippen LogP contribution in [0.25, 0.3) is 10.8 Å². The molecule has 0 atom stereocenters. The van der Waals surface area contributed by atoms with Crippen LogP contribution in [0.2, 0.25) is 0 Å². The average molecular weight is 531 g/mol. The van der Waals surface area contributed by atoms with Crippen molar-refractivity contribution in [1.29, 1.82) is 0 Å². The molecule has 1 aliphatic rings. The fourth-order valence-corrected chi connectivity index (χ4v) is 6.25. The van der Waals surface area contributed by atoms with E-state index in [9.17, 15) is 13.2 Å². The van der Waals surface area contributed by atoms with Crippen molar-refractivity contribution in [2.75, 3.05) is 16.2 Å². The second-order valence-corrected chi connectivity index (χ2v) is 11.3. The first-order valence-electron chi connectivity index (χ1n) is 9.53. The highest BCUT2D eigenvalue weighted by molar-refractivity contribution is 9.11. The molecule has 5 rings (SSSR count). The van der Waals surface area contributed by atoms with Crippen molar-refractivity contribution in [3.05, 3.63) is 75.6 Å². The number of halogens is 1. The van der Waals surface area contributed by atoms with Gasteiger partial charge in [0.1, 0.15) is 0 Å². The Hall–Kier alpha value is -3.02. The molecule has 1 amide bonds. The third kappa shape index (κ3) is 3.83. The number of amides is 1. The van der Waals surface area contributed by atoms with Crippen molar-refractivity contribution in [3.63, 3.8) is 0 Å². The monoisotopic (exact) mass is 530 g/mol. The summed E-state index contributed by atoms with van der Waals surface area (Å²) in [7, 11) is -3.72. The molecule has 0 saturated carbocycles. The third-order valence-electron chi connectivity index (χ3n) is 4.98. The SMILES string of the molecule is O=C(Nc1nnc(-c2ccc(Br)s2)o1)c1ccc(S(=O)(=O)N2CCc3ccccc32)cc1. The van der Waals surface area contributed by atoms with Gasteiger partial charge in [-0.2, -0.15) is 0 Å². The second kappa shape index (κ2) is 8.15. The highest BCUT2D eigenvalue weighted by Gasteiger charge is 2.30. The van der Waals surface area contributed by atoms with Crippen molar-refractivity contribution in [2.24, 2.45) is 0 Å². The number of para-hydroxylation sites is 1. The number of thiophene rings is 1. The fourth-order valence-electron chi connectivity index (χ4n) is 3.43. The number of carbonyl (C=O) groups excluding carboxylic acids is 1. The zero-order chi connectivity index (χ0) is 22.3. The van der Waals surface area contributed by atoms with Crippen LogP contribution in [0.15, 0.2) is 73.8 Å². The predicted octanol–water partition coefficient (Wildman–Crippen LogP) is 4.56. The zero-order valence-electron chi connectivity index (χ0n) is 16.4. The summed E-state index contributed by atoms with van der Waals surface area (Å²) in [6, 6.07) is 16.9. The van der Waals surface area contributed by atoms with Crippen LogP contribution in [-0.2, 0) is 16.4 Å². The van der Waals surface area contributed by atoms with Gasteiger partial charge in [-0.25, -0.2) is 8.42 Å². The van der Waals surface area contributed by atoms with E-state index >= 15 is 0 Å². The van der Waals surface area contributed by atoms with Crippen molar-refractivity contribution in [1.82, 2.24) is 10.2 Å². The Balaban J connectivity index is 1.32. The average Bonchev–Trinajstić information content (AvgIpc) is 3.53. The standard InChI is InChI=1S/C21H15BrN4O4S2/c22-18-10-9-17(31-18)20-24-25-21(30-20)23-19(27)14-5-7-15(8-6-14)32(28,29)26-12-11-13-3-1-2-4-16(13)26/h1-10H,11-12H2,(H,23,25,27). The van der Waals surface area contributed by atoms with Crippen LogP contribution in [0, 0.1) is 0 Å². The lowest BCUT2D eigenvalue weighted by Gasteiger charge is -2.19. The van der Waals surface area contributed by atoms with Crippen molar-refractivity contribution in [3.8, 4) is 10.8 Å². The molecular formula is C21H15BrN4O4S2. The first-order valence-corrected chi connectivity index (χ1v) is 12.6. The predicted molar refractivity (Wildman–Crippen MR) is 124 cm³/mol. The molecule has 0 spiro atoms. The van der Waals surface area contributed by atoms with Crippen molar-refractivity contribution >= 4 is 54.9 Å². The lowest BCUT2D eigenvalue weighted by atomic mass is 10.2. The number of nitrogens with zero attached hydrogens (tertiary/aromatic N) is 3. The minimum atomic E-state index is -3.72. The Morgan fingerprint density at radius 2 is 1.84 bits per heavy atom. The number of aromatic nitrogens is 2. The van der Waals surface area contributed by atoms with Gasteiger partial charge in [0.25, 0.3) is 21.8 Å². The molecule has 0 unspecified atom stereocenters. The van der Waals surface area contributed by atoms with Gasteiger partial charge in [0.2, 0.25) is 0 Å². The molecule has 0 fully saturated rings. The van der Waals surface area contributed by atoms with E-state index in [1.165, 1.54) is 39.9 Å². The molecule has 0 saturated heterocycles. The van der Waals surface area contributed by atoms with E-state index in [4.69, 9.17) is 4.42 Å². The van der Waals surface area contributed by atoms with Gasteiger partial charge < -0.3 is 4.42 Å². The summed E-state index contributed by atoms with van der Waals surface area (Å²) >= 11 is 4.80. The summed E-state index contributed by atoms with van der Waals surface area (Å²) in [6.45, 7) is 0.393. The Labute approximate surface area is 196 Å². The van der Waals surface area contributed by atoms with Gasteiger partial charge >= 0.3 is 6.01 Å². The third-order valence-corrected chi connectivity index (χ3v) is 8.42. The molecule has 1 aliphatic heterocycles. The molecule has 2 aromatic heterocycles. The van der Waals surface area contributed by atoms with Crippen LogP contribution in [0.3, 0.4) is 0 Å². The Bertz CT molecular complexity index is 1410. The van der Waals surface area contributed by atoms with Gasteiger partial charge in [-0.3, -0.25) is 14.4 Å². The molecule has 1 N–H and O–H groups in total. The minimum Gasteiger partial charge on any atom is -0.402 e. The van der Waals surface area contributed by atoms with Crippen LogP contribution >= 0.6 is 27.3 Å². The minimum absolute atomic E-state index is 0.0418. The largest absolute Gasteiger partial charge is 0.402 e. The number of carbonyl (C=O) groups is 1. The molecule has 11 heteroatoms. The summed E-state index contributed by atoms with van der Waals surface area (Å²) in [5.74, 6) is -0.189. The number of fused-ring (bicyclic) bond motifs is 1. The molecule has 0 bridgehead atoms. The fraction of sp³-hybridized carbons (Fsp3) is 0.0952. The lowest BCUT2D eigenvalue weighted by molar-refractivity contribution is 0.102. The van der Waals surface area contributed by atoms with Gasteiger partial charge in [-0.1, -0.05) is 23.3 Å². The summed E-state index contributed by atoms with van der Waals surface area (Å²) in [4.78, 5) is 13.4.